The van der Waals surface area contributed by atoms with Gasteiger partial charge >= 0.3 is 0 Å². The van der Waals surface area contributed by atoms with Gasteiger partial charge in [-0.3, -0.25) is 10.00 Å². The molecule has 0 radical (unpaired) electrons. The first kappa shape index (κ1) is 21.4. The van der Waals surface area contributed by atoms with Gasteiger partial charge in [0.1, 0.15) is 11.6 Å². The lowest BCUT2D eigenvalue weighted by Crippen LogP contribution is -2.43. The number of rotatable bonds is 6. The Morgan fingerprint density at radius 3 is 2.87 bits per heavy atom. The number of fused-ring (bicyclic) bond motifs is 1. The van der Waals surface area contributed by atoms with Crippen LogP contribution in [0, 0.1) is 17.7 Å². The van der Waals surface area contributed by atoms with E-state index in [-0.39, 0.29) is 5.02 Å². The highest BCUT2D eigenvalue weighted by Gasteiger charge is 2.12. The van der Waals surface area contributed by atoms with Crippen LogP contribution in [0.2, 0.25) is 5.02 Å². The minimum absolute atomic E-state index is 0.0551. The van der Waals surface area contributed by atoms with Crippen molar-refractivity contribution in [2.24, 2.45) is 0 Å². The summed E-state index contributed by atoms with van der Waals surface area (Å²) in [5, 5.41) is 14.8. The number of hydrogen-bond acceptors (Lipinski definition) is 5. The zero-order valence-corrected chi connectivity index (χ0v) is 18.2. The molecule has 0 amide bonds. The molecule has 0 saturated carbocycles. The van der Waals surface area contributed by atoms with E-state index in [2.05, 4.69) is 37.6 Å². The summed E-state index contributed by atoms with van der Waals surface area (Å²) < 4.78 is 19.3. The molecule has 0 spiro atoms. The Labute approximate surface area is 186 Å². The van der Waals surface area contributed by atoms with Crippen molar-refractivity contribution in [3.63, 3.8) is 0 Å². The Balaban J connectivity index is 1.56. The van der Waals surface area contributed by atoms with E-state index in [9.17, 15) is 4.39 Å². The molecule has 1 aliphatic heterocycles. The largest absolute Gasteiger partial charge is 0.492 e. The normalized spacial score (nSPS) is 14.3. The van der Waals surface area contributed by atoms with Crippen LogP contribution in [0.4, 0.5) is 15.9 Å². The quantitative estimate of drug-likeness (QED) is 0.502. The van der Waals surface area contributed by atoms with Crippen molar-refractivity contribution in [2.45, 2.75) is 13.3 Å². The molecule has 6 nitrogen and oxygen atoms in total. The number of ether oxygens (including phenoxy) is 1. The zero-order valence-electron chi connectivity index (χ0n) is 17.4. The second-order valence-electron chi connectivity index (χ2n) is 7.30. The van der Waals surface area contributed by atoms with Crippen LogP contribution in [-0.4, -0.2) is 54.4 Å². The van der Waals surface area contributed by atoms with Crippen molar-refractivity contribution in [2.75, 3.05) is 44.6 Å². The van der Waals surface area contributed by atoms with Gasteiger partial charge in [-0.25, -0.2) is 4.39 Å². The average molecular weight is 442 g/mol. The minimum Gasteiger partial charge on any atom is -0.492 e. The number of H-pyrrole nitrogens is 1. The molecule has 162 valence electrons. The van der Waals surface area contributed by atoms with Crippen LogP contribution in [0.3, 0.4) is 0 Å². The molecule has 0 atom stereocenters. The molecule has 1 aliphatic rings. The van der Waals surface area contributed by atoms with Crippen LogP contribution in [0.1, 0.15) is 18.9 Å². The molecule has 8 heteroatoms. The Bertz CT molecular complexity index is 1110. The number of aromatic amines is 1. The van der Waals surface area contributed by atoms with E-state index in [0.717, 1.165) is 61.4 Å². The summed E-state index contributed by atoms with van der Waals surface area (Å²) in [5.74, 6) is 7.44. The molecule has 2 heterocycles. The molecule has 0 bridgehead atoms. The summed E-state index contributed by atoms with van der Waals surface area (Å²) in [7, 11) is 0. The first-order chi connectivity index (χ1) is 15.1. The molecule has 0 unspecified atom stereocenters. The first-order valence-corrected chi connectivity index (χ1v) is 10.8. The highest BCUT2D eigenvalue weighted by molar-refractivity contribution is 6.31. The third-order valence-electron chi connectivity index (χ3n) is 5.13. The van der Waals surface area contributed by atoms with Crippen LogP contribution in [-0.2, 0) is 0 Å². The lowest BCUT2D eigenvalue weighted by Gasteiger charge is -2.26. The number of nitrogens with zero attached hydrogens (tertiary/aromatic N) is 2. The van der Waals surface area contributed by atoms with Gasteiger partial charge in [-0.2, -0.15) is 5.10 Å². The minimum atomic E-state index is -0.459. The van der Waals surface area contributed by atoms with Crippen LogP contribution in [0.15, 0.2) is 30.3 Å². The van der Waals surface area contributed by atoms with E-state index >= 15 is 0 Å². The second kappa shape index (κ2) is 10.0. The third kappa shape index (κ3) is 5.28. The molecule has 3 aromatic rings. The highest BCUT2D eigenvalue weighted by Crippen LogP contribution is 2.31. The number of benzene rings is 2. The van der Waals surface area contributed by atoms with Gasteiger partial charge in [0.25, 0.3) is 0 Å². The molecule has 4 rings (SSSR count). The van der Waals surface area contributed by atoms with Crippen molar-refractivity contribution in [1.29, 1.82) is 0 Å². The van der Waals surface area contributed by atoms with Crippen LogP contribution in [0.5, 0.6) is 5.75 Å². The molecule has 31 heavy (non-hydrogen) atoms. The topological polar surface area (TPSA) is 65.2 Å². The van der Waals surface area contributed by atoms with E-state index in [1.54, 1.807) is 6.07 Å². The van der Waals surface area contributed by atoms with Crippen molar-refractivity contribution in [3.05, 3.63) is 46.7 Å². The number of anilines is 2. The molecule has 1 fully saturated rings. The number of aromatic nitrogens is 2. The molecule has 2 aromatic carbocycles. The number of halogens is 2. The fourth-order valence-corrected chi connectivity index (χ4v) is 3.71. The van der Waals surface area contributed by atoms with E-state index in [0.29, 0.717) is 18.1 Å². The van der Waals surface area contributed by atoms with Gasteiger partial charge in [0.2, 0.25) is 0 Å². The second-order valence-corrected chi connectivity index (χ2v) is 7.70. The summed E-state index contributed by atoms with van der Waals surface area (Å²) >= 11 is 5.90. The number of nitrogens with one attached hydrogen (secondary N) is 3. The molecule has 1 aromatic heterocycles. The Hall–Kier alpha value is -2.79. The van der Waals surface area contributed by atoms with Crippen LogP contribution >= 0.6 is 11.6 Å². The molecule has 0 aliphatic carbocycles. The fraction of sp³-hybridized carbons (Fsp3) is 0.348. The lowest BCUT2D eigenvalue weighted by molar-refractivity contribution is 0.246. The standard InChI is InChI=1S/C23H25ClFN5O/c1-2-31-22-15-21-18(13-16(22)5-3-4-10-30-11-8-26-9-12-30)23(29-28-21)27-17-6-7-20(25)19(24)14-17/h6-7,13-15,26H,2,4,8-12H2,1H3,(H2,27,28,29). The van der Waals surface area contributed by atoms with E-state index in [1.807, 2.05) is 19.1 Å². The zero-order chi connectivity index (χ0) is 21.6. The average Bonchev–Trinajstić information content (AvgIpc) is 3.16. The summed E-state index contributed by atoms with van der Waals surface area (Å²) in [5.41, 5.74) is 2.29. The molecular formula is C23H25ClFN5O. The molecule has 1 saturated heterocycles. The summed E-state index contributed by atoms with van der Waals surface area (Å²) in [4.78, 5) is 2.42. The van der Waals surface area contributed by atoms with Crippen molar-refractivity contribution in [3.8, 4) is 17.6 Å². The predicted octanol–water partition coefficient (Wildman–Crippen LogP) is 4.14. The van der Waals surface area contributed by atoms with Crippen molar-refractivity contribution in [1.82, 2.24) is 20.4 Å². The summed E-state index contributed by atoms with van der Waals surface area (Å²) in [6.07, 6.45) is 0.800. The van der Waals surface area contributed by atoms with Crippen LogP contribution < -0.4 is 15.4 Å². The van der Waals surface area contributed by atoms with Gasteiger partial charge in [0.15, 0.2) is 5.82 Å². The van der Waals surface area contributed by atoms with Crippen LogP contribution in [0.25, 0.3) is 10.9 Å². The van der Waals surface area contributed by atoms with Gasteiger partial charge in [-0.1, -0.05) is 23.4 Å². The molecular weight excluding hydrogens is 417 g/mol. The Kier molecular flexibility index (Phi) is 6.92. The maximum atomic E-state index is 13.5. The summed E-state index contributed by atoms with van der Waals surface area (Å²) in [6, 6.07) is 8.35. The number of piperazine rings is 1. The van der Waals surface area contributed by atoms with E-state index < -0.39 is 5.82 Å². The van der Waals surface area contributed by atoms with Crippen molar-refractivity contribution < 1.29 is 9.13 Å². The Morgan fingerprint density at radius 2 is 2.10 bits per heavy atom. The van der Waals surface area contributed by atoms with E-state index in [4.69, 9.17) is 16.3 Å². The molecule has 3 N–H and O–H groups in total. The summed E-state index contributed by atoms with van der Waals surface area (Å²) in [6.45, 7) is 7.66. The number of hydrogen-bond donors (Lipinski definition) is 3. The van der Waals surface area contributed by atoms with Gasteiger partial charge in [-0.05, 0) is 31.2 Å². The first-order valence-electron chi connectivity index (χ1n) is 10.4. The fourth-order valence-electron chi connectivity index (χ4n) is 3.53. The lowest BCUT2D eigenvalue weighted by atomic mass is 10.1. The monoisotopic (exact) mass is 441 g/mol. The van der Waals surface area contributed by atoms with Gasteiger partial charge in [0, 0.05) is 56.3 Å². The maximum absolute atomic E-state index is 13.5. The third-order valence-corrected chi connectivity index (χ3v) is 5.42. The smallest absolute Gasteiger partial charge is 0.160 e. The maximum Gasteiger partial charge on any atom is 0.160 e. The van der Waals surface area contributed by atoms with E-state index in [1.165, 1.54) is 12.1 Å². The van der Waals surface area contributed by atoms with Crippen molar-refractivity contribution >= 4 is 34.0 Å². The van der Waals surface area contributed by atoms with Gasteiger partial charge in [0.05, 0.1) is 22.7 Å². The predicted molar refractivity (Wildman–Crippen MR) is 123 cm³/mol. The Morgan fingerprint density at radius 1 is 1.26 bits per heavy atom. The highest BCUT2D eigenvalue weighted by atomic mass is 35.5. The van der Waals surface area contributed by atoms with Gasteiger partial charge in [-0.15, -0.1) is 0 Å². The van der Waals surface area contributed by atoms with Gasteiger partial charge < -0.3 is 15.4 Å². The SMILES string of the molecule is CCOc1cc2[nH]nc(Nc3ccc(F)c(Cl)c3)c2cc1C#CCCN1CCNCC1.